The van der Waals surface area contributed by atoms with Gasteiger partial charge in [0, 0.05) is 12.2 Å². The van der Waals surface area contributed by atoms with Gasteiger partial charge >= 0.3 is 0 Å². The molecule has 1 aromatic heterocycles. The molecule has 0 radical (unpaired) electrons. The zero-order chi connectivity index (χ0) is 20.0. The predicted octanol–water partition coefficient (Wildman–Crippen LogP) is 3.63. The van der Waals surface area contributed by atoms with E-state index in [1.165, 1.54) is 17.8 Å². The third kappa shape index (κ3) is 5.90. The Morgan fingerprint density at radius 3 is 2.64 bits per heavy atom. The Hall–Kier alpha value is -2.20. The first-order valence-corrected chi connectivity index (χ1v) is 11.9. The molecular weight excluding hydrogens is 414 g/mol. The fourth-order valence-electron chi connectivity index (χ4n) is 2.38. The minimum Gasteiger partial charge on any atom is -0.325 e. The lowest BCUT2D eigenvalue weighted by Gasteiger charge is -2.07. The summed E-state index contributed by atoms with van der Waals surface area (Å²) >= 11 is 2.95. The molecule has 2 aromatic carbocycles. The minimum absolute atomic E-state index is 0.122. The number of benzene rings is 2. The van der Waals surface area contributed by atoms with E-state index in [4.69, 9.17) is 0 Å². The summed E-state index contributed by atoms with van der Waals surface area (Å²) in [6.07, 6.45) is 1.49. The maximum absolute atomic E-state index is 12.2. The summed E-state index contributed by atoms with van der Waals surface area (Å²) in [5.41, 5.74) is 2.19. The Bertz CT molecular complexity index is 1040. The third-order valence-electron chi connectivity index (χ3n) is 3.64. The number of carbonyl (C=O) groups excluding carboxylic acids is 1. The van der Waals surface area contributed by atoms with Crippen molar-refractivity contribution in [2.75, 3.05) is 17.6 Å². The van der Waals surface area contributed by atoms with Crippen LogP contribution in [0.2, 0.25) is 0 Å². The molecule has 0 aliphatic rings. The third-order valence-corrected chi connectivity index (χ3v) is 7.14. The van der Waals surface area contributed by atoms with Gasteiger partial charge in [0.25, 0.3) is 0 Å². The zero-order valence-electron chi connectivity index (χ0n) is 14.9. The topological polar surface area (TPSA) is 88.2 Å². The molecule has 0 aliphatic heterocycles. The Labute approximate surface area is 172 Å². The Morgan fingerprint density at radius 2 is 1.93 bits per heavy atom. The number of rotatable bonds is 9. The first-order chi connectivity index (χ1) is 13.4. The van der Waals surface area contributed by atoms with Crippen molar-refractivity contribution in [2.24, 2.45) is 0 Å². The molecular formula is C19H19N3O3S3. The fraction of sp³-hybridized carbons (Fsp3) is 0.158. The van der Waals surface area contributed by atoms with Crippen molar-refractivity contribution >= 4 is 54.9 Å². The van der Waals surface area contributed by atoms with Gasteiger partial charge in [0.1, 0.15) is 0 Å². The van der Waals surface area contributed by atoms with Crippen LogP contribution in [-0.2, 0) is 20.6 Å². The smallest absolute Gasteiger partial charge is 0.234 e. The lowest BCUT2D eigenvalue weighted by Crippen LogP contribution is -2.25. The molecule has 0 saturated carbocycles. The molecule has 6 nitrogen and oxygen atoms in total. The van der Waals surface area contributed by atoms with E-state index in [-0.39, 0.29) is 24.0 Å². The molecule has 2 N–H and O–H groups in total. The van der Waals surface area contributed by atoms with E-state index in [0.717, 1.165) is 14.6 Å². The molecule has 0 atom stereocenters. The molecule has 3 rings (SSSR count). The van der Waals surface area contributed by atoms with Crippen LogP contribution in [-0.4, -0.2) is 31.6 Å². The first kappa shape index (κ1) is 20.5. The Morgan fingerprint density at radius 1 is 1.18 bits per heavy atom. The van der Waals surface area contributed by atoms with Crippen molar-refractivity contribution in [2.45, 2.75) is 10.1 Å². The highest BCUT2D eigenvalue weighted by atomic mass is 32.2. The summed E-state index contributed by atoms with van der Waals surface area (Å²) in [5, 5.41) is 2.81. The van der Waals surface area contributed by atoms with Crippen molar-refractivity contribution in [3.63, 3.8) is 0 Å². The Balaban J connectivity index is 1.52. The lowest BCUT2D eigenvalue weighted by atomic mass is 10.2. The van der Waals surface area contributed by atoms with Gasteiger partial charge in [-0.2, -0.15) is 0 Å². The van der Waals surface area contributed by atoms with Gasteiger partial charge in [-0.05, 0) is 29.8 Å². The SMILES string of the molecule is C=CCNS(=O)(=O)Cc1ccc(NC(=O)CSc2nc3ccccc3s2)cc1. The molecule has 0 unspecified atom stereocenters. The summed E-state index contributed by atoms with van der Waals surface area (Å²) in [5.74, 6) is -0.0125. The van der Waals surface area contributed by atoms with Gasteiger partial charge in [-0.15, -0.1) is 17.9 Å². The molecule has 0 aliphatic carbocycles. The van der Waals surface area contributed by atoms with Gasteiger partial charge in [-0.1, -0.05) is 42.1 Å². The van der Waals surface area contributed by atoms with E-state index in [1.54, 1.807) is 35.6 Å². The molecule has 0 fully saturated rings. The molecule has 146 valence electrons. The second kappa shape index (κ2) is 9.33. The van der Waals surface area contributed by atoms with Crippen LogP contribution in [0.15, 0.2) is 65.5 Å². The predicted molar refractivity (Wildman–Crippen MR) is 116 cm³/mol. The van der Waals surface area contributed by atoms with Crippen LogP contribution in [0, 0.1) is 0 Å². The van der Waals surface area contributed by atoms with Crippen LogP contribution in [0.3, 0.4) is 0 Å². The normalized spacial score (nSPS) is 11.4. The van der Waals surface area contributed by atoms with E-state index < -0.39 is 10.0 Å². The molecule has 28 heavy (non-hydrogen) atoms. The molecule has 0 spiro atoms. The summed E-state index contributed by atoms with van der Waals surface area (Å²) in [6, 6.07) is 14.6. The number of thiazole rings is 1. The van der Waals surface area contributed by atoms with Gasteiger partial charge in [0.2, 0.25) is 15.9 Å². The lowest BCUT2D eigenvalue weighted by molar-refractivity contribution is -0.113. The molecule has 0 saturated heterocycles. The summed E-state index contributed by atoms with van der Waals surface area (Å²) in [4.78, 5) is 16.7. The zero-order valence-corrected chi connectivity index (χ0v) is 17.4. The number of hydrogen-bond donors (Lipinski definition) is 2. The van der Waals surface area contributed by atoms with Gasteiger partial charge in [0.15, 0.2) is 4.34 Å². The summed E-state index contributed by atoms with van der Waals surface area (Å²) in [7, 11) is -3.40. The fourth-order valence-corrected chi connectivity index (χ4v) is 5.35. The standard InChI is InChI=1S/C19H19N3O3S3/c1-2-11-20-28(24,25)13-14-7-9-15(10-8-14)21-18(23)12-26-19-22-16-5-3-4-6-17(16)27-19/h2-10,20H,1,11-13H2,(H,21,23). The second-order valence-corrected chi connectivity index (χ2v) is 9.94. The molecule has 1 amide bonds. The Kier molecular flexibility index (Phi) is 6.84. The highest BCUT2D eigenvalue weighted by Crippen LogP contribution is 2.29. The summed E-state index contributed by atoms with van der Waals surface area (Å²) in [6.45, 7) is 3.68. The van der Waals surface area contributed by atoms with Crippen LogP contribution in [0.5, 0.6) is 0 Å². The van der Waals surface area contributed by atoms with Crippen molar-refractivity contribution in [1.82, 2.24) is 9.71 Å². The van der Waals surface area contributed by atoms with E-state index >= 15 is 0 Å². The minimum atomic E-state index is -3.40. The number of anilines is 1. The van der Waals surface area contributed by atoms with Gasteiger partial charge in [0.05, 0.1) is 21.7 Å². The monoisotopic (exact) mass is 433 g/mol. The second-order valence-electron chi connectivity index (χ2n) is 5.88. The number of fused-ring (bicyclic) bond motifs is 1. The largest absolute Gasteiger partial charge is 0.325 e. The number of hydrogen-bond acceptors (Lipinski definition) is 6. The van der Waals surface area contributed by atoms with Crippen LogP contribution < -0.4 is 10.0 Å². The van der Waals surface area contributed by atoms with Gasteiger partial charge in [-0.3, -0.25) is 4.79 Å². The highest BCUT2D eigenvalue weighted by Gasteiger charge is 2.11. The number of nitrogens with one attached hydrogen (secondary N) is 2. The van der Waals surface area contributed by atoms with Crippen LogP contribution in [0.1, 0.15) is 5.56 Å². The van der Waals surface area contributed by atoms with E-state index in [2.05, 4.69) is 21.6 Å². The number of thioether (sulfide) groups is 1. The van der Waals surface area contributed by atoms with Crippen molar-refractivity contribution in [3.05, 3.63) is 66.7 Å². The number of sulfonamides is 1. The molecule has 1 heterocycles. The van der Waals surface area contributed by atoms with Crippen molar-refractivity contribution in [1.29, 1.82) is 0 Å². The van der Waals surface area contributed by atoms with Gasteiger partial charge < -0.3 is 5.32 Å². The maximum Gasteiger partial charge on any atom is 0.234 e. The number of para-hydroxylation sites is 1. The quantitative estimate of drug-likeness (QED) is 0.397. The van der Waals surface area contributed by atoms with Gasteiger partial charge in [-0.25, -0.2) is 18.1 Å². The van der Waals surface area contributed by atoms with E-state index in [9.17, 15) is 13.2 Å². The van der Waals surface area contributed by atoms with Crippen LogP contribution >= 0.6 is 23.1 Å². The average Bonchev–Trinajstić information content (AvgIpc) is 3.09. The molecule has 0 bridgehead atoms. The van der Waals surface area contributed by atoms with E-state index in [1.807, 2.05) is 24.3 Å². The van der Waals surface area contributed by atoms with Crippen molar-refractivity contribution < 1.29 is 13.2 Å². The summed E-state index contributed by atoms with van der Waals surface area (Å²) < 4.78 is 28.1. The number of amides is 1. The van der Waals surface area contributed by atoms with E-state index in [0.29, 0.717) is 11.3 Å². The number of carbonyl (C=O) groups is 1. The maximum atomic E-state index is 12.2. The van der Waals surface area contributed by atoms with Crippen LogP contribution in [0.25, 0.3) is 10.2 Å². The average molecular weight is 434 g/mol. The first-order valence-electron chi connectivity index (χ1n) is 8.40. The molecule has 9 heteroatoms. The van der Waals surface area contributed by atoms with Crippen molar-refractivity contribution in [3.8, 4) is 0 Å². The number of nitrogens with zero attached hydrogens (tertiary/aromatic N) is 1. The molecule has 3 aromatic rings. The van der Waals surface area contributed by atoms with Crippen LogP contribution in [0.4, 0.5) is 5.69 Å². The highest BCUT2D eigenvalue weighted by molar-refractivity contribution is 8.01. The number of aromatic nitrogens is 1.